The Morgan fingerprint density at radius 2 is 1.85 bits per heavy atom. The predicted molar refractivity (Wildman–Crippen MR) is 96.2 cm³/mol. The molecule has 2 aromatic heterocycles. The van der Waals surface area contributed by atoms with Crippen LogP contribution in [-0.2, 0) is 9.53 Å². The molecule has 0 unspecified atom stereocenters. The van der Waals surface area contributed by atoms with Crippen LogP contribution >= 0.6 is 0 Å². The molecule has 2 aromatic rings. The van der Waals surface area contributed by atoms with Gasteiger partial charge in [0.15, 0.2) is 5.82 Å². The van der Waals surface area contributed by atoms with Crippen molar-refractivity contribution in [1.82, 2.24) is 24.6 Å². The van der Waals surface area contributed by atoms with Crippen molar-refractivity contribution in [3.8, 4) is 5.82 Å². The number of carbonyl (C=O) groups excluding carboxylic acids is 1. The van der Waals surface area contributed by atoms with Gasteiger partial charge >= 0.3 is 0 Å². The van der Waals surface area contributed by atoms with Crippen LogP contribution in [-0.4, -0.2) is 69.9 Å². The Labute approximate surface area is 152 Å². The lowest BCUT2D eigenvalue weighted by molar-refractivity contribution is -0.138. The number of hydrogen-bond donors (Lipinski definition) is 0. The summed E-state index contributed by atoms with van der Waals surface area (Å²) >= 11 is 0. The van der Waals surface area contributed by atoms with Gasteiger partial charge < -0.3 is 14.5 Å². The average Bonchev–Trinajstić information content (AvgIpc) is 3.23. The lowest BCUT2D eigenvalue weighted by Gasteiger charge is -2.37. The molecule has 0 atom stereocenters. The second-order valence-electron chi connectivity index (χ2n) is 6.78. The fourth-order valence-electron chi connectivity index (χ4n) is 3.58. The molecule has 2 aliphatic heterocycles. The van der Waals surface area contributed by atoms with Crippen LogP contribution in [0.5, 0.6) is 0 Å². The molecule has 2 fully saturated rings. The van der Waals surface area contributed by atoms with E-state index in [2.05, 4.69) is 20.0 Å². The average molecular weight is 356 g/mol. The van der Waals surface area contributed by atoms with E-state index in [1.165, 1.54) is 0 Å². The van der Waals surface area contributed by atoms with Gasteiger partial charge in [-0.1, -0.05) is 0 Å². The van der Waals surface area contributed by atoms with Crippen molar-refractivity contribution in [1.29, 1.82) is 0 Å². The minimum atomic E-state index is 0.128. The van der Waals surface area contributed by atoms with Crippen molar-refractivity contribution in [3.63, 3.8) is 0 Å². The minimum Gasteiger partial charge on any atom is -0.381 e. The van der Waals surface area contributed by atoms with Gasteiger partial charge in [-0.15, -0.1) is 0 Å². The molecular formula is C18H24N6O2. The van der Waals surface area contributed by atoms with Crippen molar-refractivity contribution < 1.29 is 9.53 Å². The molecule has 4 heterocycles. The van der Waals surface area contributed by atoms with Gasteiger partial charge in [-0.25, -0.2) is 14.6 Å². The van der Waals surface area contributed by atoms with Gasteiger partial charge in [-0.3, -0.25) is 4.79 Å². The minimum absolute atomic E-state index is 0.128. The Kier molecular flexibility index (Phi) is 4.83. The number of ether oxygens (including phenoxy) is 1. The number of carbonyl (C=O) groups is 1. The number of anilines is 1. The Morgan fingerprint density at radius 3 is 2.54 bits per heavy atom. The van der Waals surface area contributed by atoms with Gasteiger partial charge in [0.1, 0.15) is 11.6 Å². The van der Waals surface area contributed by atoms with Gasteiger partial charge in [-0.2, -0.15) is 5.10 Å². The zero-order valence-electron chi connectivity index (χ0n) is 15.0. The Morgan fingerprint density at radius 1 is 1.12 bits per heavy atom. The Bertz CT molecular complexity index is 749. The second-order valence-corrected chi connectivity index (χ2v) is 6.78. The highest BCUT2D eigenvalue weighted by atomic mass is 16.5. The summed E-state index contributed by atoms with van der Waals surface area (Å²) in [5.74, 6) is 2.78. The van der Waals surface area contributed by atoms with E-state index in [1.807, 2.05) is 30.2 Å². The second kappa shape index (κ2) is 7.41. The third-order valence-electron chi connectivity index (χ3n) is 5.04. The largest absolute Gasteiger partial charge is 0.381 e. The lowest BCUT2D eigenvalue weighted by atomic mass is 9.98. The number of hydrogen-bond acceptors (Lipinski definition) is 6. The van der Waals surface area contributed by atoms with Crippen molar-refractivity contribution >= 4 is 11.7 Å². The van der Waals surface area contributed by atoms with Crippen LogP contribution in [0.25, 0.3) is 5.82 Å². The molecule has 1 amide bonds. The van der Waals surface area contributed by atoms with Crippen molar-refractivity contribution in [2.24, 2.45) is 5.92 Å². The lowest BCUT2D eigenvalue weighted by Crippen LogP contribution is -2.51. The number of aromatic nitrogens is 4. The van der Waals surface area contributed by atoms with E-state index < -0.39 is 0 Å². The first-order chi connectivity index (χ1) is 12.7. The molecule has 0 spiro atoms. The van der Waals surface area contributed by atoms with Gasteiger partial charge in [-0.05, 0) is 25.8 Å². The molecule has 26 heavy (non-hydrogen) atoms. The van der Waals surface area contributed by atoms with E-state index in [9.17, 15) is 4.79 Å². The zero-order chi connectivity index (χ0) is 17.9. The van der Waals surface area contributed by atoms with Crippen LogP contribution in [0.4, 0.5) is 5.82 Å². The highest BCUT2D eigenvalue weighted by Gasteiger charge is 2.29. The molecule has 0 aromatic carbocycles. The highest BCUT2D eigenvalue weighted by Crippen LogP contribution is 2.21. The molecule has 0 saturated carbocycles. The van der Waals surface area contributed by atoms with E-state index >= 15 is 0 Å². The maximum absolute atomic E-state index is 12.7. The van der Waals surface area contributed by atoms with E-state index in [0.717, 1.165) is 50.7 Å². The smallest absolute Gasteiger partial charge is 0.225 e. The van der Waals surface area contributed by atoms with Crippen LogP contribution < -0.4 is 4.90 Å². The number of amides is 1. The number of nitrogens with zero attached hydrogens (tertiary/aromatic N) is 6. The summed E-state index contributed by atoms with van der Waals surface area (Å²) in [6.45, 7) is 6.32. The Hall–Kier alpha value is -2.48. The van der Waals surface area contributed by atoms with Gasteiger partial charge in [0, 0.05) is 63.8 Å². The first-order valence-corrected chi connectivity index (χ1v) is 9.18. The fraction of sp³-hybridized carbons (Fsp3) is 0.556. The molecule has 138 valence electrons. The SMILES string of the molecule is Cc1nc(N2CCN(C(=O)C3CCOCC3)CC2)cc(-n2cccn2)n1. The molecule has 2 aliphatic rings. The predicted octanol–water partition coefficient (Wildman–Crippen LogP) is 1.05. The van der Waals surface area contributed by atoms with Crippen molar-refractivity contribution in [2.45, 2.75) is 19.8 Å². The molecule has 0 bridgehead atoms. The van der Waals surface area contributed by atoms with E-state index in [4.69, 9.17) is 4.74 Å². The van der Waals surface area contributed by atoms with E-state index in [1.54, 1.807) is 10.9 Å². The van der Waals surface area contributed by atoms with E-state index in [-0.39, 0.29) is 11.8 Å². The maximum Gasteiger partial charge on any atom is 0.225 e. The molecule has 0 N–H and O–H groups in total. The fourth-order valence-corrected chi connectivity index (χ4v) is 3.58. The molecule has 2 saturated heterocycles. The molecular weight excluding hydrogens is 332 g/mol. The summed E-state index contributed by atoms with van der Waals surface area (Å²) in [4.78, 5) is 25.9. The topological polar surface area (TPSA) is 76.4 Å². The van der Waals surface area contributed by atoms with Gasteiger partial charge in [0.2, 0.25) is 5.91 Å². The molecule has 8 nitrogen and oxygen atoms in total. The van der Waals surface area contributed by atoms with Crippen LogP contribution in [0, 0.1) is 12.8 Å². The molecule has 0 radical (unpaired) electrons. The summed E-state index contributed by atoms with van der Waals surface area (Å²) in [5.41, 5.74) is 0. The van der Waals surface area contributed by atoms with Gasteiger partial charge in [0.25, 0.3) is 0 Å². The summed E-state index contributed by atoms with van der Waals surface area (Å²) in [6, 6.07) is 3.83. The van der Waals surface area contributed by atoms with E-state index in [0.29, 0.717) is 19.0 Å². The number of piperazine rings is 1. The summed E-state index contributed by atoms with van der Waals surface area (Å²) in [5, 5.41) is 4.25. The van der Waals surface area contributed by atoms with Crippen molar-refractivity contribution in [3.05, 3.63) is 30.4 Å². The van der Waals surface area contributed by atoms with Gasteiger partial charge in [0.05, 0.1) is 0 Å². The molecule has 8 heteroatoms. The first kappa shape index (κ1) is 17.0. The maximum atomic E-state index is 12.7. The summed E-state index contributed by atoms with van der Waals surface area (Å²) < 4.78 is 7.10. The van der Waals surface area contributed by atoms with Crippen LogP contribution in [0.2, 0.25) is 0 Å². The number of aryl methyl sites for hydroxylation is 1. The summed E-state index contributed by atoms with van der Waals surface area (Å²) in [6.07, 6.45) is 5.29. The highest BCUT2D eigenvalue weighted by molar-refractivity contribution is 5.79. The Balaban J connectivity index is 1.42. The molecule has 0 aliphatic carbocycles. The third-order valence-corrected chi connectivity index (χ3v) is 5.04. The van der Waals surface area contributed by atoms with Crippen LogP contribution in [0.15, 0.2) is 24.5 Å². The van der Waals surface area contributed by atoms with Crippen LogP contribution in [0.1, 0.15) is 18.7 Å². The normalized spacial score (nSPS) is 19.0. The quantitative estimate of drug-likeness (QED) is 0.818. The number of rotatable bonds is 3. The van der Waals surface area contributed by atoms with Crippen LogP contribution in [0.3, 0.4) is 0 Å². The summed E-state index contributed by atoms with van der Waals surface area (Å²) in [7, 11) is 0. The first-order valence-electron chi connectivity index (χ1n) is 9.18. The van der Waals surface area contributed by atoms with Crippen molar-refractivity contribution in [2.75, 3.05) is 44.3 Å². The zero-order valence-corrected chi connectivity index (χ0v) is 15.0. The molecule has 4 rings (SSSR count). The standard InChI is InChI=1S/C18H24N6O2/c1-14-20-16(13-17(21-14)24-6-2-5-19-24)22-7-9-23(10-8-22)18(25)15-3-11-26-12-4-15/h2,5-6,13,15H,3-4,7-12H2,1H3. The third kappa shape index (κ3) is 3.55. The monoisotopic (exact) mass is 356 g/mol.